The van der Waals surface area contributed by atoms with Crippen LogP contribution in [0.5, 0.6) is 0 Å². The van der Waals surface area contributed by atoms with Crippen molar-refractivity contribution in [3.05, 3.63) is 23.2 Å². The Morgan fingerprint density at radius 2 is 2.25 bits per heavy atom. The Bertz CT molecular complexity index is 362. The first-order valence-electron chi connectivity index (χ1n) is 4.87. The average molecular weight is 260 g/mol. The van der Waals surface area contributed by atoms with Crippen LogP contribution in [0.25, 0.3) is 0 Å². The van der Waals surface area contributed by atoms with Crippen LogP contribution in [-0.4, -0.2) is 27.9 Å². The number of hydrogen-bond donors (Lipinski definition) is 1. The fraction of sp³-hybridized carbons (Fsp3) is 0.500. The van der Waals surface area contributed by atoms with Crippen LogP contribution < -0.4 is 5.32 Å². The number of carbonyl (C=O) groups is 1. The lowest BCUT2D eigenvalue weighted by Crippen LogP contribution is -2.30. The maximum atomic E-state index is 11.6. The highest BCUT2D eigenvalue weighted by Gasteiger charge is 2.12. The number of carbonyl (C=O) groups excluding carboxylic acids is 1. The minimum absolute atomic E-state index is 0.00885. The summed E-state index contributed by atoms with van der Waals surface area (Å²) < 4.78 is 0. The standard InChI is InChI=1S/C10H14ClN3OS/c1-7(6-16-2)10(15)14-5-8-9(11)13-4-3-12-8/h3-4,7H,5-6H2,1-2H3,(H,14,15). The maximum absolute atomic E-state index is 11.6. The summed E-state index contributed by atoms with van der Waals surface area (Å²) in [6.45, 7) is 2.22. The summed E-state index contributed by atoms with van der Waals surface area (Å²) in [5, 5.41) is 3.12. The molecule has 6 heteroatoms. The largest absolute Gasteiger partial charge is 0.350 e. The maximum Gasteiger partial charge on any atom is 0.223 e. The summed E-state index contributed by atoms with van der Waals surface area (Å²) in [6.07, 6.45) is 5.05. The second-order valence-corrected chi connectivity index (χ2v) is 4.64. The van der Waals surface area contributed by atoms with E-state index in [4.69, 9.17) is 11.6 Å². The number of rotatable bonds is 5. The predicted octanol–water partition coefficient (Wildman–Crippen LogP) is 1.75. The van der Waals surface area contributed by atoms with Gasteiger partial charge in [0.2, 0.25) is 5.91 Å². The van der Waals surface area contributed by atoms with Crippen LogP contribution in [0.15, 0.2) is 12.4 Å². The average Bonchev–Trinajstić information content (AvgIpc) is 2.28. The quantitative estimate of drug-likeness (QED) is 0.875. The Kier molecular flexibility index (Phi) is 5.55. The number of nitrogens with one attached hydrogen (secondary N) is 1. The van der Waals surface area contributed by atoms with Crippen LogP contribution in [0, 0.1) is 5.92 Å². The van der Waals surface area contributed by atoms with E-state index < -0.39 is 0 Å². The first kappa shape index (κ1) is 13.3. The first-order chi connectivity index (χ1) is 7.65. The molecule has 0 bridgehead atoms. The van der Waals surface area contributed by atoms with Crippen LogP contribution in [0.1, 0.15) is 12.6 Å². The van der Waals surface area contributed by atoms with Gasteiger partial charge in [0.15, 0.2) is 5.15 Å². The zero-order valence-corrected chi connectivity index (χ0v) is 10.8. The van der Waals surface area contributed by atoms with Gasteiger partial charge in [0.1, 0.15) is 0 Å². The number of amides is 1. The van der Waals surface area contributed by atoms with E-state index in [1.54, 1.807) is 18.0 Å². The highest BCUT2D eigenvalue weighted by atomic mass is 35.5. The van der Waals surface area contributed by atoms with Gasteiger partial charge in [0, 0.05) is 24.1 Å². The second-order valence-electron chi connectivity index (χ2n) is 3.37. The molecule has 1 unspecified atom stereocenters. The molecule has 0 aliphatic carbocycles. The summed E-state index contributed by atoms with van der Waals surface area (Å²) >= 11 is 7.47. The Morgan fingerprint density at radius 1 is 1.56 bits per heavy atom. The first-order valence-corrected chi connectivity index (χ1v) is 6.64. The molecule has 1 aromatic rings. The third kappa shape index (κ3) is 3.98. The summed E-state index contributed by atoms with van der Waals surface area (Å²) in [5.41, 5.74) is 0.592. The summed E-state index contributed by atoms with van der Waals surface area (Å²) in [6, 6.07) is 0. The molecule has 1 amide bonds. The molecule has 0 spiro atoms. The van der Waals surface area contributed by atoms with E-state index in [1.807, 2.05) is 13.2 Å². The van der Waals surface area contributed by atoms with Crippen molar-refractivity contribution in [1.29, 1.82) is 0 Å². The van der Waals surface area contributed by atoms with Crippen LogP contribution in [-0.2, 0) is 11.3 Å². The molecule has 0 aliphatic rings. The van der Waals surface area contributed by atoms with Crippen LogP contribution in [0.2, 0.25) is 5.15 Å². The molecule has 1 N–H and O–H groups in total. The van der Waals surface area contributed by atoms with Gasteiger partial charge in [-0.15, -0.1) is 0 Å². The molecule has 4 nitrogen and oxygen atoms in total. The van der Waals surface area contributed by atoms with E-state index in [0.717, 1.165) is 5.75 Å². The topological polar surface area (TPSA) is 54.9 Å². The molecular formula is C10H14ClN3OS. The van der Waals surface area contributed by atoms with Gasteiger partial charge in [0.05, 0.1) is 12.2 Å². The number of halogens is 1. The van der Waals surface area contributed by atoms with Crippen LogP contribution in [0.4, 0.5) is 0 Å². The van der Waals surface area contributed by atoms with Crippen LogP contribution >= 0.6 is 23.4 Å². The van der Waals surface area contributed by atoms with Crippen molar-refractivity contribution in [2.75, 3.05) is 12.0 Å². The molecule has 0 saturated heterocycles. The molecule has 1 rings (SSSR count). The van der Waals surface area contributed by atoms with Gasteiger partial charge in [-0.3, -0.25) is 9.78 Å². The molecule has 16 heavy (non-hydrogen) atoms. The monoisotopic (exact) mass is 259 g/mol. The van der Waals surface area contributed by atoms with Crippen molar-refractivity contribution in [2.24, 2.45) is 5.92 Å². The van der Waals surface area contributed by atoms with E-state index >= 15 is 0 Å². The van der Waals surface area contributed by atoms with E-state index in [9.17, 15) is 4.79 Å². The Hall–Kier alpha value is -0.810. The minimum Gasteiger partial charge on any atom is -0.350 e. The molecule has 1 aromatic heterocycles. The zero-order valence-electron chi connectivity index (χ0n) is 9.24. The third-order valence-electron chi connectivity index (χ3n) is 2.02. The Labute approximate surface area is 104 Å². The van der Waals surface area contributed by atoms with Crippen molar-refractivity contribution in [3.8, 4) is 0 Å². The number of hydrogen-bond acceptors (Lipinski definition) is 4. The van der Waals surface area contributed by atoms with E-state index in [0.29, 0.717) is 17.4 Å². The Morgan fingerprint density at radius 3 is 2.88 bits per heavy atom. The Balaban J connectivity index is 2.46. The van der Waals surface area contributed by atoms with Crippen molar-refractivity contribution in [1.82, 2.24) is 15.3 Å². The van der Waals surface area contributed by atoms with Gasteiger partial charge >= 0.3 is 0 Å². The van der Waals surface area contributed by atoms with Crippen molar-refractivity contribution in [2.45, 2.75) is 13.5 Å². The summed E-state index contributed by atoms with van der Waals surface area (Å²) in [5.74, 6) is 0.807. The van der Waals surface area contributed by atoms with Crippen molar-refractivity contribution in [3.63, 3.8) is 0 Å². The third-order valence-corrected chi connectivity index (χ3v) is 3.17. The van der Waals surface area contributed by atoms with Gasteiger partial charge in [-0.2, -0.15) is 11.8 Å². The van der Waals surface area contributed by atoms with Gasteiger partial charge in [-0.25, -0.2) is 4.98 Å². The molecule has 0 saturated carbocycles. The fourth-order valence-corrected chi connectivity index (χ4v) is 1.96. The lowest BCUT2D eigenvalue weighted by molar-refractivity contribution is -0.124. The van der Waals surface area contributed by atoms with Gasteiger partial charge in [-0.1, -0.05) is 18.5 Å². The summed E-state index contributed by atoms with van der Waals surface area (Å²) in [7, 11) is 0. The highest BCUT2D eigenvalue weighted by molar-refractivity contribution is 7.98. The lowest BCUT2D eigenvalue weighted by atomic mass is 10.2. The minimum atomic E-state index is -0.00885. The van der Waals surface area contributed by atoms with E-state index in [2.05, 4.69) is 15.3 Å². The molecule has 0 aliphatic heterocycles. The lowest BCUT2D eigenvalue weighted by Gasteiger charge is -2.10. The van der Waals surface area contributed by atoms with E-state index in [1.165, 1.54) is 6.20 Å². The molecular weight excluding hydrogens is 246 g/mol. The van der Waals surface area contributed by atoms with Crippen molar-refractivity contribution < 1.29 is 4.79 Å². The fourth-order valence-electron chi connectivity index (χ4n) is 1.14. The number of aromatic nitrogens is 2. The molecule has 0 fully saturated rings. The summed E-state index contributed by atoms with van der Waals surface area (Å²) in [4.78, 5) is 19.5. The zero-order chi connectivity index (χ0) is 12.0. The van der Waals surface area contributed by atoms with Crippen LogP contribution in [0.3, 0.4) is 0 Å². The predicted molar refractivity (Wildman–Crippen MR) is 66.4 cm³/mol. The molecule has 88 valence electrons. The molecule has 0 radical (unpaired) electrons. The normalized spacial score (nSPS) is 12.2. The molecule has 0 aromatic carbocycles. The number of thioether (sulfide) groups is 1. The second kappa shape index (κ2) is 6.70. The van der Waals surface area contributed by atoms with Gasteiger partial charge in [-0.05, 0) is 6.26 Å². The molecule has 1 atom stereocenters. The van der Waals surface area contributed by atoms with E-state index in [-0.39, 0.29) is 11.8 Å². The smallest absolute Gasteiger partial charge is 0.223 e. The SMILES string of the molecule is CSCC(C)C(=O)NCc1nccnc1Cl. The number of nitrogens with zero attached hydrogens (tertiary/aromatic N) is 2. The molecule has 1 heterocycles. The van der Waals surface area contributed by atoms with Gasteiger partial charge < -0.3 is 5.32 Å². The van der Waals surface area contributed by atoms with Crippen molar-refractivity contribution >= 4 is 29.3 Å². The highest BCUT2D eigenvalue weighted by Crippen LogP contribution is 2.09. The van der Waals surface area contributed by atoms with Gasteiger partial charge in [0.25, 0.3) is 0 Å².